The van der Waals surface area contributed by atoms with Crippen LogP contribution in [0.1, 0.15) is 119 Å². The van der Waals surface area contributed by atoms with Crippen molar-refractivity contribution >= 4 is 5.78 Å². The van der Waals surface area contributed by atoms with E-state index >= 15 is 0 Å². The summed E-state index contributed by atoms with van der Waals surface area (Å²) in [6.07, 6.45) is -8.97. The number of ketones is 1. The highest BCUT2D eigenvalue weighted by atomic mass is 16.8. The van der Waals surface area contributed by atoms with Gasteiger partial charge in [-0.15, -0.1) is 0 Å². The first-order valence-electron chi connectivity index (χ1n) is 24.2. The van der Waals surface area contributed by atoms with Crippen molar-refractivity contribution in [3.05, 3.63) is 0 Å². The highest BCUT2D eigenvalue weighted by molar-refractivity contribution is 5.81. The van der Waals surface area contributed by atoms with Crippen LogP contribution in [-0.2, 0) is 52.2 Å². The molecule has 4 aliphatic heterocycles. The summed E-state index contributed by atoms with van der Waals surface area (Å²) in [5.41, 5.74) is -5.23. The highest BCUT2D eigenvalue weighted by Gasteiger charge is 2.79. The van der Waals surface area contributed by atoms with Gasteiger partial charge < -0.3 is 83.1 Å². The van der Waals surface area contributed by atoms with Gasteiger partial charge in [0.2, 0.25) is 0 Å². The molecule has 0 amide bonds. The molecule has 0 aromatic carbocycles. The van der Waals surface area contributed by atoms with Gasteiger partial charge in [0.1, 0.15) is 41.9 Å². The maximum Gasteiger partial charge on any atom is 0.161 e. The molecular weight excluding hydrogens is 852 g/mol. The maximum atomic E-state index is 12.8. The Morgan fingerprint density at radius 3 is 1.65 bits per heavy atom. The normalized spacial score (nSPS) is 56.1. The van der Waals surface area contributed by atoms with Gasteiger partial charge in [0, 0.05) is 45.3 Å². The second kappa shape index (κ2) is 19.0. The number of aliphatic hydroxyl groups excluding tert-OH is 5. The van der Waals surface area contributed by atoms with Gasteiger partial charge in [0.05, 0.1) is 72.6 Å². The van der Waals surface area contributed by atoms with Crippen molar-refractivity contribution in [2.45, 2.75) is 247 Å². The Labute approximate surface area is 382 Å². The molecule has 26 unspecified atom stereocenters. The second-order valence-electron chi connectivity index (χ2n) is 21.5. The second-order valence-corrected chi connectivity index (χ2v) is 21.5. The smallest absolute Gasteiger partial charge is 0.161 e. The lowest BCUT2D eigenvalue weighted by Crippen LogP contribution is -2.76. The first-order chi connectivity index (χ1) is 30.6. The molecule has 4 heterocycles. The third kappa shape index (κ3) is 8.61. The molecular formula is C47H78O18. The molecule has 65 heavy (non-hydrogen) atoms. The van der Waals surface area contributed by atoms with E-state index in [1.54, 1.807) is 34.8 Å². The van der Waals surface area contributed by atoms with E-state index in [4.69, 9.17) is 47.4 Å². The van der Waals surface area contributed by atoms with E-state index in [1.165, 1.54) is 14.0 Å². The van der Waals surface area contributed by atoms with Crippen LogP contribution >= 0.6 is 0 Å². The maximum absolute atomic E-state index is 12.8. The van der Waals surface area contributed by atoms with Crippen LogP contribution in [0.2, 0.25) is 0 Å². The zero-order valence-corrected chi connectivity index (χ0v) is 39.6. The number of carbonyl (C=O) groups is 1. The Kier molecular flexibility index (Phi) is 14.7. The summed E-state index contributed by atoms with van der Waals surface area (Å²) in [5, 5.41) is 80.2. The van der Waals surface area contributed by atoms with Crippen LogP contribution in [0.15, 0.2) is 0 Å². The molecule has 374 valence electrons. The average Bonchev–Trinajstić information content (AvgIpc) is 3.40. The first kappa shape index (κ1) is 50.4. The monoisotopic (exact) mass is 931 g/mol. The van der Waals surface area contributed by atoms with Gasteiger partial charge >= 0.3 is 0 Å². The van der Waals surface area contributed by atoms with Gasteiger partial charge in [-0.05, 0) is 96.8 Å². The van der Waals surface area contributed by atoms with Crippen LogP contribution in [0.25, 0.3) is 0 Å². The molecule has 0 aromatic rings. The van der Waals surface area contributed by atoms with Crippen LogP contribution in [0.5, 0.6) is 0 Å². The number of rotatable bonds is 11. The van der Waals surface area contributed by atoms with Crippen LogP contribution < -0.4 is 0 Å². The highest BCUT2D eigenvalue weighted by Crippen LogP contribution is 2.70. The predicted molar refractivity (Wildman–Crippen MR) is 227 cm³/mol. The van der Waals surface area contributed by atoms with Crippen molar-refractivity contribution in [3.8, 4) is 0 Å². The van der Waals surface area contributed by atoms with E-state index in [1.807, 2.05) is 6.92 Å². The Morgan fingerprint density at radius 1 is 0.585 bits per heavy atom. The number of hydrogen-bond donors (Lipinski definition) is 7. The Hall–Kier alpha value is -1.01. The van der Waals surface area contributed by atoms with Crippen molar-refractivity contribution in [1.29, 1.82) is 0 Å². The van der Waals surface area contributed by atoms with E-state index in [-0.39, 0.29) is 48.4 Å². The van der Waals surface area contributed by atoms with E-state index in [2.05, 4.69) is 6.92 Å². The van der Waals surface area contributed by atoms with Gasteiger partial charge in [-0.25, -0.2) is 0 Å². The minimum absolute atomic E-state index is 0.0913. The molecule has 8 rings (SSSR count). The summed E-state index contributed by atoms with van der Waals surface area (Å²) in [7, 11) is 3.14. The molecule has 26 atom stereocenters. The van der Waals surface area contributed by atoms with E-state index in [0.29, 0.717) is 38.5 Å². The lowest BCUT2D eigenvalue weighted by Gasteiger charge is -2.67. The Morgan fingerprint density at radius 2 is 1.09 bits per heavy atom. The van der Waals surface area contributed by atoms with Crippen LogP contribution in [0, 0.1) is 28.6 Å². The number of ether oxygens (including phenoxy) is 10. The lowest BCUT2D eigenvalue weighted by atomic mass is 9.41. The largest absolute Gasteiger partial charge is 0.390 e. The van der Waals surface area contributed by atoms with Crippen molar-refractivity contribution < 1.29 is 87.9 Å². The molecule has 4 aliphatic carbocycles. The van der Waals surface area contributed by atoms with Crippen LogP contribution in [0.4, 0.5) is 0 Å². The number of methoxy groups -OCH3 is 2. The standard InChI is InChI=1S/C47H78O18/c1-21(48)37-39(52)43(53)47(55)45(37,7)14-12-32-44(6)13-11-27(16-26(44)10-15-46(32,47)54)62-35-20-31(57-9)42(25(5)61-35)65-34-18-29(50)40(23(3)60-34)63-33-17-28(49)41(24(4)59-33)64-36-19-30(56-8)38(51)22(2)58-36/h22-43,49-55H,10-20H2,1-9H3. The summed E-state index contributed by atoms with van der Waals surface area (Å²) in [4.78, 5) is 12.8. The molecule has 18 nitrogen and oxygen atoms in total. The third-order valence-electron chi connectivity index (χ3n) is 17.9. The molecule has 4 saturated heterocycles. The minimum Gasteiger partial charge on any atom is -0.390 e. The summed E-state index contributed by atoms with van der Waals surface area (Å²) >= 11 is 0. The van der Waals surface area contributed by atoms with Crippen molar-refractivity contribution in [3.63, 3.8) is 0 Å². The molecule has 18 heteroatoms. The predicted octanol–water partition coefficient (Wildman–Crippen LogP) is 1.60. The molecule has 7 N–H and O–H groups in total. The van der Waals surface area contributed by atoms with Crippen LogP contribution in [0.3, 0.4) is 0 Å². The number of carbonyl (C=O) groups excluding carboxylic acids is 1. The zero-order chi connectivity index (χ0) is 47.1. The fourth-order valence-corrected chi connectivity index (χ4v) is 14.4. The van der Waals surface area contributed by atoms with Gasteiger partial charge in [0.25, 0.3) is 0 Å². The van der Waals surface area contributed by atoms with Gasteiger partial charge in [-0.2, -0.15) is 0 Å². The lowest BCUT2D eigenvalue weighted by molar-refractivity contribution is -0.346. The topological polar surface area (TPSA) is 251 Å². The zero-order valence-electron chi connectivity index (χ0n) is 39.6. The summed E-state index contributed by atoms with van der Waals surface area (Å²) in [6, 6.07) is 0. The molecule has 0 bridgehead atoms. The van der Waals surface area contributed by atoms with Crippen molar-refractivity contribution in [1.82, 2.24) is 0 Å². The van der Waals surface area contributed by atoms with Crippen molar-refractivity contribution in [2.24, 2.45) is 28.6 Å². The Balaban J connectivity index is 0.818. The molecule has 8 fully saturated rings. The minimum atomic E-state index is -2.03. The fraction of sp³-hybridized carbons (Fsp3) is 0.979. The quantitative estimate of drug-likeness (QED) is 0.145. The summed E-state index contributed by atoms with van der Waals surface area (Å²) in [5.74, 6) is -1.43. The third-order valence-corrected chi connectivity index (χ3v) is 17.9. The molecule has 0 radical (unpaired) electrons. The number of hydrogen-bond acceptors (Lipinski definition) is 18. The van der Waals surface area contributed by atoms with E-state index in [9.17, 15) is 40.5 Å². The summed E-state index contributed by atoms with van der Waals surface area (Å²) < 4.78 is 61.5. The molecule has 8 aliphatic rings. The number of aliphatic hydroxyl groups is 7. The first-order valence-corrected chi connectivity index (χ1v) is 24.2. The molecule has 4 saturated carbocycles. The van der Waals surface area contributed by atoms with Gasteiger partial charge in [0.15, 0.2) is 25.2 Å². The number of Topliss-reactive ketones (excluding diaryl/α,β-unsaturated/α-hetero) is 1. The van der Waals surface area contributed by atoms with Crippen molar-refractivity contribution in [2.75, 3.05) is 14.2 Å². The fourth-order valence-electron chi connectivity index (χ4n) is 14.4. The summed E-state index contributed by atoms with van der Waals surface area (Å²) in [6.45, 7) is 12.5. The number of fused-ring (bicyclic) bond motifs is 5. The SMILES string of the molecule is COC1CC(OC2C(O)CC(OC3C(O)CC(OC4C(C)OC(OC5CCC6(C)C(CCC7(O)C6CCC6(C)C(C(C)=O)C(O)C(O)C67O)C5)CC4OC)OC3C)OC2C)OC(C)C1O. The van der Waals surface area contributed by atoms with Crippen LogP contribution in [-0.4, -0.2) is 184 Å². The van der Waals surface area contributed by atoms with Gasteiger partial charge in [-0.3, -0.25) is 4.79 Å². The molecule has 0 spiro atoms. The Bertz CT molecular complexity index is 1630. The van der Waals surface area contributed by atoms with E-state index < -0.39 is 133 Å². The average molecular weight is 931 g/mol. The molecule has 0 aromatic heterocycles. The van der Waals surface area contributed by atoms with E-state index in [0.717, 1.165) is 12.8 Å². The van der Waals surface area contributed by atoms with Gasteiger partial charge in [-0.1, -0.05) is 13.8 Å².